The molecule has 0 spiro atoms. The van der Waals surface area contributed by atoms with Gasteiger partial charge in [0, 0.05) is 31.4 Å². The molecular formula is C22H19N5O5. The molecule has 0 bridgehead atoms. The SMILES string of the molecule is COc1ccc(Oc2ccc([N+](=O)[O-])cc2C(=O)NCCNc2ncccc2C#N)cc1. The molecule has 10 nitrogen and oxygen atoms in total. The molecule has 0 radical (unpaired) electrons. The molecule has 0 saturated carbocycles. The topological polar surface area (TPSA) is 139 Å². The van der Waals surface area contributed by atoms with Crippen LogP contribution in [0.1, 0.15) is 15.9 Å². The fourth-order valence-corrected chi connectivity index (χ4v) is 2.76. The van der Waals surface area contributed by atoms with Gasteiger partial charge < -0.3 is 20.1 Å². The molecule has 3 aromatic rings. The minimum atomic E-state index is -0.583. The number of carbonyl (C=O) groups excluding carboxylic acids is 1. The van der Waals surface area contributed by atoms with E-state index in [1.165, 1.54) is 12.1 Å². The van der Waals surface area contributed by atoms with Crippen LogP contribution in [0.3, 0.4) is 0 Å². The number of pyridine rings is 1. The number of rotatable bonds is 9. The fraction of sp³-hybridized carbons (Fsp3) is 0.136. The monoisotopic (exact) mass is 433 g/mol. The Balaban J connectivity index is 1.70. The number of nitrogens with one attached hydrogen (secondary N) is 2. The highest BCUT2D eigenvalue weighted by atomic mass is 16.6. The number of ether oxygens (including phenoxy) is 2. The maximum Gasteiger partial charge on any atom is 0.270 e. The van der Waals surface area contributed by atoms with E-state index in [1.54, 1.807) is 49.7 Å². The highest BCUT2D eigenvalue weighted by Gasteiger charge is 2.18. The quantitative estimate of drug-likeness (QED) is 0.297. The summed E-state index contributed by atoms with van der Waals surface area (Å²) in [5, 5.41) is 25.9. The summed E-state index contributed by atoms with van der Waals surface area (Å²) in [6.45, 7) is 0.478. The predicted molar refractivity (Wildman–Crippen MR) is 116 cm³/mol. The summed E-state index contributed by atoms with van der Waals surface area (Å²) in [7, 11) is 1.54. The summed E-state index contributed by atoms with van der Waals surface area (Å²) in [4.78, 5) is 27.4. The Morgan fingerprint density at radius 3 is 2.59 bits per heavy atom. The van der Waals surface area contributed by atoms with Crippen LogP contribution in [-0.2, 0) is 0 Å². The Morgan fingerprint density at radius 1 is 1.16 bits per heavy atom. The maximum atomic E-state index is 12.7. The smallest absolute Gasteiger partial charge is 0.270 e. The van der Waals surface area contributed by atoms with E-state index in [4.69, 9.17) is 14.7 Å². The van der Waals surface area contributed by atoms with Gasteiger partial charge in [0.25, 0.3) is 11.6 Å². The van der Waals surface area contributed by atoms with Crippen LogP contribution in [0.25, 0.3) is 0 Å². The molecule has 0 fully saturated rings. The van der Waals surface area contributed by atoms with Crippen molar-refractivity contribution < 1.29 is 19.2 Å². The molecule has 2 N–H and O–H groups in total. The molecule has 32 heavy (non-hydrogen) atoms. The van der Waals surface area contributed by atoms with Gasteiger partial charge in [0.2, 0.25) is 0 Å². The average molecular weight is 433 g/mol. The van der Waals surface area contributed by atoms with Crippen molar-refractivity contribution in [2.45, 2.75) is 0 Å². The number of aromatic nitrogens is 1. The van der Waals surface area contributed by atoms with Gasteiger partial charge in [-0.15, -0.1) is 0 Å². The number of amides is 1. The second-order valence-electron chi connectivity index (χ2n) is 6.41. The third-order valence-corrected chi connectivity index (χ3v) is 4.34. The number of nitro groups is 1. The van der Waals surface area contributed by atoms with Gasteiger partial charge in [0.1, 0.15) is 29.1 Å². The van der Waals surface area contributed by atoms with Crippen molar-refractivity contribution in [3.8, 4) is 23.3 Å². The molecule has 1 amide bonds. The molecular weight excluding hydrogens is 414 g/mol. The van der Waals surface area contributed by atoms with Crippen LogP contribution in [0.2, 0.25) is 0 Å². The number of non-ortho nitro benzene ring substituents is 1. The maximum absolute atomic E-state index is 12.7. The van der Waals surface area contributed by atoms with Gasteiger partial charge in [-0.1, -0.05) is 0 Å². The number of benzene rings is 2. The van der Waals surface area contributed by atoms with Crippen molar-refractivity contribution >= 4 is 17.4 Å². The highest BCUT2D eigenvalue weighted by Crippen LogP contribution is 2.29. The van der Waals surface area contributed by atoms with Gasteiger partial charge in [-0.05, 0) is 42.5 Å². The fourth-order valence-electron chi connectivity index (χ4n) is 2.76. The van der Waals surface area contributed by atoms with Crippen LogP contribution in [0.4, 0.5) is 11.5 Å². The van der Waals surface area contributed by atoms with Crippen molar-refractivity contribution in [3.05, 3.63) is 82.0 Å². The highest BCUT2D eigenvalue weighted by molar-refractivity contribution is 5.97. The first-order valence-corrected chi connectivity index (χ1v) is 9.49. The summed E-state index contributed by atoms with van der Waals surface area (Å²) >= 11 is 0. The first-order valence-electron chi connectivity index (χ1n) is 9.49. The molecule has 1 aromatic heterocycles. The van der Waals surface area contributed by atoms with Crippen molar-refractivity contribution in [1.82, 2.24) is 10.3 Å². The van der Waals surface area contributed by atoms with Crippen LogP contribution in [-0.4, -0.2) is 36.0 Å². The summed E-state index contributed by atoms with van der Waals surface area (Å²) in [6.07, 6.45) is 1.55. The molecule has 162 valence electrons. The second-order valence-corrected chi connectivity index (χ2v) is 6.41. The van der Waals surface area contributed by atoms with E-state index in [0.717, 1.165) is 6.07 Å². The molecule has 0 aliphatic heterocycles. The summed E-state index contributed by atoms with van der Waals surface area (Å²) in [5.74, 6) is 1.11. The minimum Gasteiger partial charge on any atom is -0.497 e. The number of carbonyl (C=O) groups is 1. The molecule has 0 unspecified atom stereocenters. The third-order valence-electron chi connectivity index (χ3n) is 4.34. The Kier molecular flexibility index (Phi) is 7.16. The van der Waals surface area contributed by atoms with Crippen molar-refractivity contribution in [2.24, 2.45) is 0 Å². The molecule has 3 rings (SSSR count). The molecule has 0 aliphatic rings. The van der Waals surface area contributed by atoms with E-state index in [0.29, 0.717) is 29.4 Å². The first-order chi connectivity index (χ1) is 15.5. The van der Waals surface area contributed by atoms with Crippen LogP contribution >= 0.6 is 0 Å². The number of nitriles is 1. The van der Waals surface area contributed by atoms with E-state index in [-0.39, 0.29) is 23.5 Å². The van der Waals surface area contributed by atoms with Gasteiger partial charge in [-0.25, -0.2) is 4.98 Å². The lowest BCUT2D eigenvalue weighted by Crippen LogP contribution is -2.29. The summed E-state index contributed by atoms with van der Waals surface area (Å²) < 4.78 is 10.9. The van der Waals surface area contributed by atoms with E-state index < -0.39 is 10.8 Å². The Labute approximate surface area is 183 Å². The number of hydrogen-bond acceptors (Lipinski definition) is 8. The number of anilines is 1. The number of hydrogen-bond donors (Lipinski definition) is 2. The van der Waals surface area contributed by atoms with Gasteiger partial charge >= 0.3 is 0 Å². The van der Waals surface area contributed by atoms with Gasteiger partial charge in [0.05, 0.1) is 23.2 Å². The summed E-state index contributed by atoms with van der Waals surface area (Å²) in [5.41, 5.74) is 0.167. The van der Waals surface area contributed by atoms with Gasteiger partial charge in [0.15, 0.2) is 0 Å². The Morgan fingerprint density at radius 2 is 1.91 bits per heavy atom. The first kappa shape index (κ1) is 22.0. The van der Waals surface area contributed by atoms with Crippen LogP contribution < -0.4 is 20.1 Å². The average Bonchev–Trinajstić information content (AvgIpc) is 2.82. The lowest BCUT2D eigenvalue weighted by atomic mass is 10.1. The van der Waals surface area contributed by atoms with E-state index in [9.17, 15) is 14.9 Å². The standard InChI is InChI=1S/C22H19N5O5/c1-31-17-5-7-18(8-6-17)32-20-9-4-16(27(29)30)13-19(20)22(28)26-12-11-25-21-15(14-23)3-2-10-24-21/h2-10,13H,11-12H2,1H3,(H,24,25)(H,26,28). The Bertz CT molecular complexity index is 1160. The lowest BCUT2D eigenvalue weighted by Gasteiger charge is -2.12. The molecule has 0 saturated heterocycles. The third kappa shape index (κ3) is 5.48. The molecule has 10 heteroatoms. The van der Waals surface area contributed by atoms with Crippen LogP contribution in [0.15, 0.2) is 60.8 Å². The minimum absolute atomic E-state index is 0.0190. The number of nitro benzene ring substituents is 1. The molecule has 1 heterocycles. The van der Waals surface area contributed by atoms with Crippen molar-refractivity contribution in [3.63, 3.8) is 0 Å². The normalized spacial score (nSPS) is 10.0. The van der Waals surface area contributed by atoms with Crippen molar-refractivity contribution in [1.29, 1.82) is 5.26 Å². The second kappa shape index (κ2) is 10.4. The zero-order valence-electron chi connectivity index (χ0n) is 17.1. The molecule has 0 atom stereocenters. The van der Waals surface area contributed by atoms with Gasteiger partial charge in [-0.2, -0.15) is 5.26 Å². The van der Waals surface area contributed by atoms with Crippen LogP contribution in [0.5, 0.6) is 17.2 Å². The van der Waals surface area contributed by atoms with Crippen molar-refractivity contribution in [2.75, 3.05) is 25.5 Å². The van der Waals surface area contributed by atoms with Gasteiger partial charge in [-0.3, -0.25) is 14.9 Å². The number of nitrogens with zero attached hydrogens (tertiary/aromatic N) is 3. The predicted octanol–water partition coefficient (Wildman–Crippen LogP) is 3.50. The van der Waals surface area contributed by atoms with E-state index in [1.807, 2.05) is 6.07 Å². The number of methoxy groups -OCH3 is 1. The lowest BCUT2D eigenvalue weighted by molar-refractivity contribution is -0.384. The largest absolute Gasteiger partial charge is 0.497 e. The molecule has 2 aromatic carbocycles. The summed E-state index contributed by atoms with van der Waals surface area (Å²) in [6, 6.07) is 15.8. The molecule has 0 aliphatic carbocycles. The van der Waals surface area contributed by atoms with E-state index >= 15 is 0 Å². The Hall–Kier alpha value is -4.65. The van der Waals surface area contributed by atoms with Crippen LogP contribution in [0, 0.1) is 21.4 Å². The van der Waals surface area contributed by atoms with E-state index in [2.05, 4.69) is 15.6 Å². The zero-order chi connectivity index (χ0) is 22.9. The zero-order valence-corrected chi connectivity index (χ0v) is 17.1.